The van der Waals surface area contributed by atoms with Gasteiger partial charge in [0.1, 0.15) is 19.3 Å². The first-order valence-electron chi connectivity index (χ1n) is 18.4. The van der Waals surface area contributed by atoms with E-state index in [1.165, 1.54) is 0 Å². The Bertz CT molecular complexity index is 1210. The second-order valence-electron chi connectivity index (χ2n) is 17.8. The molecule has 5 rings (SSSR count). The number of fused-ring (bicyclic) bond motifs is 5. The van der Waals surface area contributed by atoms with Crippen molar-refractivity contribution in [2.24, 2.45) is 57.2 Å². The number of ether oxygens (including phenoxy) is 3. The van der Waals surface area contributed by atoms with E-state index in [0.717, 1.165) is 64.2 Å². The summed E-state index contributed by atoms with van der Waals surface area (Å²) in [7, 11) is 0. The number of amides is 1. The Morgan fingerprint density at radius 3 is 2.34 bits per heavy atom. The van der Waals surface area contributed by atoms with Crippen molar-refractivity contribution in [3.63, 3.8) is 0 Å². The molecule has 9 nitrogen and oxygen atoms in total. The molecule has 1 aliphatic heterocycles. The van der Waals surface area contributed by atoms with E-state index >= 15 is 0 Å². The topological polar surface area (TPSA) is 128 Å². The molecule has 1 saturated heterocycles. The van der Waals surface area contributed by atoms with Crippen molar-refractivity contribution in [3.05, 3.63) is 0 Å². The molecular weight excluding hydrogens is 598 g/mol. The van der Waals surface area contributed by atoms with E-state index < -0.39 is 28.9 Å². The van der Waals surface area contributed by atoms with Gasteiger partial charge in [-0.05, 0) is 124 Å². The number of hydrogen-bond donors (Lipinski definition) is 2. The molecule has 47 heavy (non-hydrogen) atoms. The number of cyclic esters (lactones) is 1. The third-order valence-electron chi connectivity index (χ3n) is 14.1. The van der Waals surface area contributed by atoms with Crippen LogP contribution in [-0.4, -0.2) is 60.4 Å². The normalized spacial score (nSPS) is 39.9. The largest absolute Gasteiger partial charge is 0.462 e. The van der Waals surface area contributed by atoms with Crippen molar-refractivity contribution in [3.8, 4) is 0 Å². The van der Waals surface area contributed by atoms with Crippen LogP contribution in [0.15, 0.2) is 0 Å². The Morgan fingerprint density at radius 2 is 1.68 bits per heavy atom. The fourth-order valence-electron chi connectivity index (χ4n) is 10.6. The first-order valence-corrected chi connectivity index (χ1v) is 18.4. The molecule has 4 saturated carbocycles. The molecule has 1 heterocycles. The van der Waals surface area contributed by atoms with Crippen LogP contribution < -0.4 is 5.32 Å². The van der Waals surface area contributed by atoms with Gasteiger partial charge in [0.05, 0.1) is 11.5 Å². The highest BCUT2D eigenvalue weighted by Gasteiger charge is 2.63. The van der Waals surface area contributed by atoms with Gasteiger partial charge in [-0.2, -0.15) is 0 Å². The summed E-state index contributed by atoms with van der Waals surface area (Å²) in [5.41, 5.74) is -0.766. The molecule has 1 amide bonds. The number of esters is 3. The highest BCUT2D eigenvalue weighted by Crippen LogP contribution is 2.68. The van der Waals surface area contributed by atoms with Gasteiger partial charge < -0.3 is 24.6 Å². The van der Waals surface area contributed by atoms with Crippen LogP contribution in [0, 0.1) is 57.2 Å². The van der Waals surface area contributed by atoms with Crippen LogP contribution in [0.5, 0.6) is 0 Å². The quantitative estimate of drug-likeness (QED) is 0.216. The maximum atomic E-state index is 12.8. The highest BCUT2D eigenvalue weighted by atomic mass is 16.6. The first kappa shape index (κ1) is 36.1. The molecule has 9 heteroatoms. The summed E-state index contributed by atoms with van der Waals surface area (Å²) in [6.45, 7) is 16.7. The lowest BCUT2D eigenvalue weighted by molar-refractivity contribution is -0.186. The molecule has 0 aromatic carbocycles. The maximum absolute atomic E-state index is 12.8. The van der Waals surface area contributed by atoms with E-state index in [0.29, 0.717) is 41.9 Å². The summed E-state index contributed by atoms with van der Waals surface area (Å²) in [6, 6.07) is 0. The highest BCUT2D eigenvalue weighted by molar-refractivity contribution is 5.85. The van der Waals surface area contributed by atoms with Crippen LogP contribution in [0.4, 0.5) is 0 Å². The van der Waals surface area contributed by atoms with Crippen LogP contribution in [0.1, 0.15) is 126 Å². The zero-order valence-electron chi connectivity index (χ0n) is 30.2. The summed E-state index contributed by atoms with van der Waals surface area (Å²) in [4.78, 5) is 49.9. The molecule has 0 aromatic rings. The van der Waals surface area contributed by atoms with Crippen LogP contribution in [0.25, 0.3) is 0 Å². The SMILES string of the molecule is CCC(C)(C)C(=O)OC1CC[C@@]2(C)C(C1)CC(O)C1C3CCC(C(C)CCC(=O)NCC(=O)OC4C(=O)OCC4(C)C)[C@@]3(C)CCC12. The Balaban J connectivity index is 1.14. The summed E-state index contributed by atoms with van der Waals surface area (Å²) < 4.78 is 16.4. The molecule has 0 radical (unpaired) electrons. The molecule has 266 valence electrons. The Hall–Kier alpha value is -2.16. The summed E-state index contributed by atoms with van der Waals surface area (Å²) in [5, 5.41) is 14.4. The fraction of sp³-hybridized carbons (Fsp3) is 0.895. The fourth-order valence-corrected chi connectivity index (χ4v) is 10.6. The number of aliphatic hydroxyl groups excluding tert-OH is 1. The van der Waals surface area contributed by atoms with Gasteiger partial charge >= 0.3 is 17.9 Å². The van der Waals surface area contributed by atoms with Gasteiger partial charge in [-0.25, -0.2) is 4.79 Å². The smallest absolute Gasteiger partial charge is 0.348 e. The van der Waals surface area contributed by atoms with Crippen molar-refractivity contribution < 1.29 is 38.5 Å². The van der Waals surface area contributed by atoms with Gasteiger partial charge in [0.15, 0.2) is 0 Å². The molecule has 5 fully saturated rings. The van der Waals surface area contributed by atoms with Gasteiger partial charge in [0, 0.05) is 11.8 Å². The molecule has 0 bridgehead atoms. The number of hydrogen-bond acceptors (Lipinski definition) is 8. The minimum atomic E-state index is -0.952. The predicted octanol–water partition coefficient (Wildman–Crippen LogP) is 5.99. The van der Waals surface area contributed by atoms with Crippen molar-refractivity contribution in [2.45, 2.75) is 144 Å². The Morgan fingerprint density at radius 1 is 1.00 bits per heavy atom. The lowest BCUT2D eigenvalue weighted by atomic mass is 9.43. The second kappa shape index (κ2) is 13.3. The zero-order valence-corrected chi connectivity index (χ0v) is 30.2. The summed E-state index contributed by atoms with van der Waals surface area (Å²) in [5.74, 6) is 0.968. The van der Waals surface area contributed by atoms with Crippen LogP contribution in [0.3, 0.4) is 0 Å². The molecule has 2 N–H and O–H groups in total. The van der Waals surface area contributed by atoms with Crippen molar-refractivity contribution in [2.75, 3.05) is 13.2 Å². The Labute approximate surface area is 282 Å². The Kier molecular flexibility index (Phi) is 10.2. The number of aliphatic hydroxyl groups is 1. The predicted molar refractivity (Wildman–Crippen MR) is 177 cm³/mol. The molecule has 9 unspecified atom stereocenters. The van der Waals surface area contributed by atoms with Gasteiger partial charge in [-0.1, -0.05) is 41.5 Å². The van der Waals surface area contributed by atoms with Gasteiger partial charge in [0.2, 0.25) is 12.0 Å². The van der Waals surface area contributed by atoms with E-state index in [-0.39, 0.29) is 48.1 Å². The lowest BCUT2D eigenvalue weighted by Gasteiger charge is -2.62. The molecule has 0 aromatic heterocycles. The van der Waals surface area contributed by atoms with Crippen molar-refractivity contribution in [1.82, 2.24) is 5.32 Å². The van der Waals surface area contributed by atoms with Crippen molar-refractivity contribution in [1.29, 1.82) is 0 Å². The monoisotopic (exact) mass is 659 g/mol. The summed E-state index contributed by atoms with van der Waals surface area (Å²) in [6.07, 6.45) is 8.58. The molecular formula is C38H61NO8. The molecule has 4 aliphatic carbocycles. The summed E-state index contributed by atoms with van der Waals surface area (Å²) >= 11 is 0. The van der Waals surface area contributed by atoms with E-state index in [9.17, 15) is 24.3 Å². The number of nitrogens with one attached hydrogen (secondary N) is 1. The van der Waals surface area contributed by atoms with E-state index in [4.69, 9.17) is 14.2 Å². The number of carbonyl (C=O) groups excluding carboxylic acids is 4. The maximum Gasteiger partial charge on any atom is 0.348 e. The standard InChI is InChI=1S/C38H61NO8/c1-9-35(3,4)34(44)46-24-14-16-37(7)23(18-24)19-28(40)31-26-12-11-25(38(26,8)17-15-27(31)37)22(2)10-13-29(41)39-20-30(42)47-32-33(43)45-21-36(32,5)6/h22-28,31-32,40H,9-21H2,1-8H3,(H,39,41)/t22?,23?,24?,25?,26?,27?,28?,31?,32?,37-,38+/m0/s1. The van der Waals surface area contributed by atoms with E-state index in [2.05, 4.69) is 26.1 Å². The molecule has 5 aliphatic rings. The molecule has 0 spiro atoms. The third-order valence-corrected chi connectivity index (χ3v) is 14.1. The van der Waals surface area contributed by atoms with Crippen LogP contribution in [-0.2, 0) is 33.4 Å². The van der Waals surface area contributed by atoms with Gasteiger partial charge in [0.25, 0.3) is 0 Å². The average Bonchev–Trinajstić information content (AvgIpc) is 3.50. The molecule has 11 atom stereocenters. The third kappa shape index (κ3) is 6.85. The zero-order chi connectivity index (χ0) is 34.5. The average molecular weight is 660 g/mol. The van der Waals surface area contributed by atoms with Gasteiger partial charge in [-0.15, -0.1) is 0 Å². The van der Waals surface area contributed by atoms with E-state index in [1.54, 1.807) is 0 Å². The van der Waals surface area contributed by atoms with Crippen molar-refractivity contribution >= 4 is 23.8 Å². The van der Waals surface area contributed by atoms with E-state index in [1.807, 2.05) is 34.6 Å². The van der Waals surface area contributed by atoms with Crippen LogP contribution >= 0.6 is 0 Å². The number of carbonyl (C=O) groups is 4. The lowest BCUT2D eigenvalue weighted by Crippen LogP contribution is -2.59. The second-order valence-corrected chi connectivity index (χ2v) is 17.8. The minimum absolute atomic E-state index is 0.0539. The first-order chi connectivity index (χ1) is 21.9. The number of rotatable bonds is 10. The minimum Gasteiger partial charge on any atom is -0.462 e. The van der Waals surface area contributed by atoms with Crippen LogP contribution in [0.2, 0.25) is 0 Å². The van der Waals surface area contributed by atoms with Gasteiger partial charge in [-0.3, -0.25) is 14.4 Å².